The van der Waals surface area contributed by atoms with E-state index in [0.29, 0.717) is 11.3 Å². The van der Waals surface area contributed by atoms with Crippen LogP contribution in [0.1, 0.15) is 12.5 Å². The van der Waals surface area contributed by atoms with E-state index in [0.717, 1.165) is 4.90 Å². The van der Waals surface area contributed by atoms with E-state index in [1.807, 2.05) is 0 Å². The molecule has 0 N–H and O–H groups in total. The quantitative estimate of drug-likeness (QED) is 0.618. The molecule has 3 unspecified atom stereocenters. The smallest absolute Gasteiger partial charge is 0.406 e. The van der Waals surface area contributed by atoms with Gasteiger partial charge in [-0.25, -0.2) is 0 Å². The number of carbonyl (C=O) groups excluding carboxylic acids is 1. The second-order valence-corrected chi connectivity index (χ2v) is 4.70. The van der Waals surface area contributed by atoms with Gasteiger partial charge in [-0.05, 0) is 24.6 Å². The number of esters is 1. The van der Waals surface area contributed by atoms with Crippen LogP contribution in [0.2, 0.25) is 0 Å². The van der Waals surface area contributed by atoms with Crippen LogP contribution in [0.25, 0.3) is 0 Å². The molecule has 1 aliphatic heterocycles. The first-order chi connectivity index (χ1) is 9.88. The number of carbonyl (C=O) groups is 1. The Hall–Kier alpha value is -1.76. The van der Waals surface area contributed by atoms with Gasteiger partial charge in [-0.15, -0.1) is 0 Å². The molecule has 1 aliphatic rings. The molecule has 116 valence electrons. The molecule has 0 spiro atoms. The molecule has 2 rings (SSSR count). The van der Waals surface area contributed by atoms with Crippen molar-refractivity contribution < 1.29 is 27.4 Å². The van der Waals surface area contributed by atoms with Gasteiger partial charge in [0.25, 0.3) is 0 Å². The molecule has 7 heteroatoms. The second-order valence-electron chi connectivity index (χ2n) is 4.70. The molecule has 4 nitrogen and oxygen atoms in total. The number of alkyl halides is 3. The first-order valence-corrected chi connectivity index (χ1v) is 6.50. The number of hydrogen-bond donors (Lipinski definition) is 0. The Morgan fingerprint density at radius 3 is 2.38 bits per heavy atom. The first kappa shape index (κ1) is 15.6. The van der Waals surface area contributed by atoms with E-state index in [4.69, 9.17) is 9.47 Å². The van der Waals surface area contributed by atoms with E-state index < -0.39 is 24.2 Å². The van der Waals surface area contributed by atoms with Gasteiger partial charge in [0, 0.05) is 6.54 Å². The Bertz CT molecular complexity index is 501. The first-order valence-electron chi connectivity index (χ1n) is 6.50. The number of benzene rings is 1. The van der Waals surface area contributed by atoms with Crippen LogP contribution in [-0.2, 0) is 16.1 Å². The van der Waals surface area contributed by atoms with Crippen molar-refractivity contribution in [1.29, 1.82) is 0 Å². The van der Waals surface area contributed by atoms with E-state index >= 15 is 0 Å². The van der Waals surface area contributed by atoms with Gasteiger partial charge in [0.15, 0.2) is 0 Å². The Morgan fingerprint density at radius 1 is 1.29 bits per heavy atom. The van der Waals surface area contributed by atoms with E-state index in [1.54, 1.807) is 31.2 Å². The normalized spacial score (nSPS) is 24.5. The fourth-order valence-corrected chi connectivity index (χ4v) is 2.27. The van der Waals surface area contributed by atoms with E-state index in [9.17, 15) is 18.0 Å². The average molecular weight is 303 g/mol. The highest BCUT2D eigenvalue weighted by molar-refractivity contribution is 5.80. The van der Waals surface area contributed by atoms with Crippen LogP contribution < -0.4 is 4.74 Å². The lowest BCUT2D eigenvalue weighted by atomic mass is 10.2. The van der Waals surface area contributed by atoms with Gasteiger partial charge in [0.05, 0.1) is 13.7 Å². The Morgan fingerprint density at radius 2 is 1.90 bits per heavy atom. The van der Waals surface area contributed by atoms with Crippen LogP contribution in [0, 0.1) is 0 Å². The molecule has 1 aromatic rings. The number of halogens is 3. The number of methoxy groups -OCH3 is 1. The summed E-state index contributed by atoms with van der Waals surface area (Å²) in [6.45, 7) is 1.67. The molecular formula is C14H16F3NO3. The highest BCUT2D eigenvalue weighted by Gasteiger charge is 2.66. The maximum Gasteiger partial charge on any atom is 0.406 e. The van der Waals surface area contributed by atoms with Gasteiger partial charge < -0.3 is 9.47 Å². The topological polar surface area (TPSA) is 38.5 Å². The zero-order valence-electron chi connectivity index (χ0n) is 11.7. The van der Waals surface area contributed by atoms with Gasteiger partial charge in [-0.2, -0.15) is 13.2 Å². The summed E-state index contributed by atoms with van der Waals surface area (Å²) in [7, 11) is 1.51. The van der Waals surface area contributed by atoms with E-state index in [2.05, 4.69) is 0 Å². The zero-order valence-corrected chi connectivity index (χ0v) is 11.7. The van der Waals surface area contributed by atoms with Crippen LogP contribution >= 0.6 is 0 Å². The fraction of sp³-hybridized carbons (Fsp3) is 0.500. The molecule has 1 fully saturated rings. The lowest BCUT2D eigenvalue weighted by molar-refractivity contribution is -0.149. The van der Waals surface area contributed by atoms with Crippen LogP contribution in [-0.4, -0.2) is 42.8 Å². The summed E-state index contributed by atoms with van der Waals surface area (Å²) in [6.07, 6.45) is -4.44. The van der Waals surface area contributed by atoms with Crippen molar-refractivity contribution in [2.24, 2.45) is 0 Å². The summed E-state index contributed by atoms with van der Waals surface area (Å²) in [6, 6.07) is 3.67. The standard InChI is InChI=1S/C14H16F3NO3/c1-3-21-13(19)11-12(14(15,16)17)18(11)8-9-4-6-10(20-2)7-5-9/h4-7,11-12H,3,8H2,1-2H3. The molecule has 1 heterocycles. The minimum absolute atomic E-state index is 0.0393. The number of rotatable bonds is 5. The molecule has 0 bridgehead atoms. The summed E-state index contributed by atoms with van der Waals surface area (Å²) < 4.78 is 48.4. The van der Waals surface area contributed by atoms with Crippen molar-refractivity contribution in [2.45, 2.75) is 31.7 Å². The average Bonchev–Trinajstić information content (AvgIpc) is 3.14. The Labute approximate surface area is 120 Å². The van der Waals surface area contributed by atoms with Crippen LogP contribution in [0.4, 0.5) is 13.2 Å². The van der Waals surface area contributed by atoms with Crippen molar-refractivity contribution in [3.63, 3.8) is 0 Å². The predicted octanol–water partition coefficient (Wildman–Crippen LogP) is 2.37. The third-order valence-electron chi connectivity index (χ3n) is 3.31. The van der Waals surface area contributed by atoms with E-state index in [-0.39, 0.29) is 13.2 Å². The summed E-state index contributed by atoms with van der Waals surface area (Å²) in [5.41, 5.74) is 0.678. The lowest BCUT2D eigenvalue weighted by Gasteiger charge is -2.07. The maximum atomic E-state index is 12.9. The lowest BCUT2D eigenvalue weighted by Crippen LogP contribution is -2.24. The second kappa shape index (κ2) is 5.93. The van der Waals surface area contributed by atoms with Crippen molar-refractivity contribution in [3.05, 3.63) is 29.8 Å². The van der Waals surface area contributed by atoms with Crippen molar-refractivity contribution >= 4 is 5.97 Å². The molecule has 0 amide bonds. The van der Waals surface area contributed by atoms with Gasteiger partial charge >= 0.3 is 12.1 Å². The molecule has 1 saturated heterocycles. The molecule has 0 aliphatic carbocycles. The minimum Gasteiger partial charge on any atom is -0.497 e. The SMILES string of the molecule is CCOC(=O)C1C(C(F)(F)F)N1Cc1ccc(OC)cc1. The fourth-order valence-electron chi connectivity index (χ4n) is 2.27. The van der Waals surface area contributed by atoms with Crippen molar-refractivity contribution in [2.75, 3.05) is 13.7 Å². The molecular weight excluding hydrogens is 287 g/mol. The summed E-state index contributed by atoms with van der Waals surface area (Å²) in [5.74, 6) is -0.202. The number of hydrogen-bond acceptors (Lipinski definition) is 4. The highest BCUT2D eigenvalue weighted by Crippen LogP contribution is 2.43. The summed E-state index contributed by atoms with van der Waals surface area (Å²) in [4.78, 5) is 12.7. The largest absolute Gasteiger partial charge is 0.497 e. The molecule has 21 heavy (non-hydrogen) atoms. The number of ether oxygens (including phenoxy) is 2. The monoisotopic (exact) mass is 303 g/mol. The van der Waals surface area contributed by atoms with Crippen LogP contribution in [0.5, 0.6) is 5.75 Å². The maximum absolute atomic E-state index is 12.9. The highest BCUT2D eigenvalue weighted by atomic mass is 19.4. The Kier molecular flexibility index (Phi) is 4.41. The van der Waals surface area contributed by atoms with E-state index in [1.165, 1.54) is 7.11 Å². The van der Waals surface area contributed by atoms with Gasteiger partial charge in [0.2, 0.25) is 0 Å². The molecule has 1 aromatic carbocycles. The molecule has 0 radical (unpaired) electrons. The minimum atomic E-state index is -4.44. The molecule has 0 saturated carbocycles. The third-order valence-corrected chi connectivity index (χ3v) is 3.31. The summed E-state index contributed by atoms with van der Waals surface area (Å²) in [5, 5.41) is 0. The van der Waals surface area contributed by atoms with Crippen molar-refractivity contribution in [3.8, 4) is 5.75 Å². The van der Waals surface area contributed by atoms with Crippen LogP contribution in [0.15, 0.2) is 24.3 Å². The summed E-state index contributed by atoms with van der Waals surface area (Å²) >= 11 is 0. The van der Waals surface area contributed by atoms with Crippen molar-refractivity contribution in [1.82, 2.24) is 4.90 Å². The van der Waals surface area contributed by atoms with Gasteiger partial charge in [0.1, 0.15) is 17.8 Å². The van der Waals surface area contributed by atoms with Gasteiger partial charge in [-0.3, -0.25) is 9.69 Å². The number of nitrogens with zero attached hydrogens (tertiary/aromatic N) is 1. The zero-order chi connectivity index (χ0) is 15.6. The Balaban J connectivity index is 2.07. The molecule has 0 aromatic heterocycles. The predicted molar refractivity (Wildman–Crippen MR) is 68.8 cm³/mol. The third kappa shape index (κ3) is 3.47. The molecule has 3 atom stereocenters. The van der Waals surface area contributed by atoms with Crippen LogP contribution in [0.3, 0.4) is 0 Å². The van der Waals surface area contributed by atoms with Gasteiger partial charge in [-0.1, -0.05) is 12.1 Å².